The molecule has 0 saturated carbocycles. The summed E-state index contributed by atoms with van der Waals surface area (Å²) in [6, 6.07) is 4.70. The van der Waals surface area contributed by atoms with Crippen molar-refractivity contribution in [2.75, 3.05) is 5.73 Å². The Labute approximate surface area is 137 Å². The van der Waals surface area contributed by atoms with Crippen LogP contribution in [0.15, 0.2) is 18.2 Å². The number of carbonyl (C=O) groups is 3. The average molecular weight is 357 g/mol. The molecule has 3 amide bonds. The van der Waals surface area contributed by atoms with Gasteiger partial charge in [0, 0.05) is 18.7 Å². The van der Waals surface area contributed by atoms with Gasteiger partial charge in [-0.3, -0.25) is 28.8 Å². The number of rotatable bonds is 1. The summed E-state index contributed by atoms with van der Waals surface area (Å²) in [5.74, 6) is -0.927. The van der Waals surface area contributed by atoms with Gasteiger partial charge in [0.1, 0.15) is 6.04 Å². The quantitative estimate of drug-likeness (QED) is 0.293. The second kappa shape index (κ2) is 6.55. The minimum absolute atomic E-state index is 0.234. The molecule has 0 unspecified atom stereocenters. The number of piperidine rings is 1. The fraction of sp³-hybridized carbons (Fsp3) is 0.308. The highest BCUT2D eigenvalue weighted by atomic mass is 32.3. The molecule has 1 fully saturated rings. The fourth-order valence-electron chi connectivity index (χ4n) is 2.64. The number of imide groups is 1. The Bertz CT molecular complexity index is 798. The summed E-state index contributed by atoms with van der Waals surface area (Å²) in [5.41, 5.74) is 7.54. The zero-order chi connectivity index (χ0) is 18.1. The van der Waals surface area contributed by atoms with E-state index in [2.05, 4.69) is 5.32 Å². The number of nitrogens with one attached hydrogen (secondary N) is 1. The maximum Gasteiger partial charge on any atom is 0.394 e. The minimum atomic E-state index is -4.67. The van der Waals surface area contributed by atoms with Crippen LogP contribution in [0.1, 0.15) is 28.8 Å². The Morgan fingerprint density at radius 2 is 1.83 bits per heavy atom. The topological polar surface area (TPSA) is 167 Å². The van der Waals surface area contributed by atoms with Crippen LogP contribution in [0.2, 0.25) is 0 Å². The average Bonchev–Trinajstić information content (AvgIpc) is 2.75. The van der Waals surface area contributed by atoms with Gasteiger partial charge in [0.25, 0.3) is 5.91 Å². The maximum absolute atomic E-state index is 12.3. The molecule has 3 rings (SSSR count). The highest BCUT2D eigenvalue weighted by Gasteiger charge is 2.39. The summed E-state index contributed by atoms with van der Waals surface area (Å²) < 4.78 is 31.6. The number of nitrogen functional groups attached to an aromatic ring is 1. The summed E-state index contributed by atoms with van der Waals surface area (Å²) in [7, 11) is -4.67. The first-order valence-electron chi connectivity index (χ1n) is 6.80. The maximum atomic E-state index is 12.3. The van der Waals surface area contributed by atoms with E-state index in [-0.39, 0.29) is 18.2 Å². The number of nitrogens with two attached hydrogens (primary N) is 1. The fourth-order valence-corrected chi connectivity index (χ4v) is 2.64. The summed E-state index contributed by atoms with van der Waals surface area (Å²) in [6.07, 6.45) is 0.621. The number of hydrogen-bond acceptors (Lipinski definition) is 6. The van der Waals surface area contributed by atoms with Crippen LogP contribution in [0.25, 0.3) is 0 Å². The zero-order valence-electron chi connectivity index (χ0n) is 12.3. The van der Waals surface area contributed by atoms with Crippen molar-refractivity contribution in [3.8, 4) is 0 Å². The van der Waals surface area contributed by atoms with Crippen molar-refractivity contribution in [1.82, 2.24) is 10.2 Å². The zero-order valence-corrected chi connectivity index (χ0v) is 13.1. The number of carbonyl (C=O) groups excluding carboxylic acids is 3. The van der Waals surface area contributed by atoms with Crippen molar-refractivity contribution < 1.29 is 31.9 Å². The van der Waals surface area contributed by atoms with Crippen molar-refractivity contribution in [2.45, 2.75) is 25.4 Å². The van der Waals surface area contributed by atoms with E-state index in [1.807, 2.05) is 6.07 Å². The first-order chi connectivity index (χ1) is 11.1. The Balaban J connectivity index is 0.000000368. The number of benzene rings is 1. The molecule has 0 bridgehead atoms. The lowest BCUT2D eigenvalue weighted by molar-refractivity contribution is -0.136. The third-order valence-electron chi connectivity index (χ3n) is 3.58. The number of fused-ring (bicyclic) bond motifs is 1. The largest absolute Gasteiger partial charge is 0.398 e. The van der Waals surface area contributed by atoms with Crippen LogP contribution < -0.4 is 11.1 Å². The van der Waals surface area contributed by atoms with Crippen LogP contribution in [0.4, 0.5) is 5.69 Å². The van der Waals surface area contributed by atoms with Gasteiger partial charge in [-0.15, -0.1) is 0 Å². The van der Waals surface area contributed by atoms with E-state index in [9.17, 15) is 14.4 Å². The van der Waals surface area contributed by atoms with Crippen molar-refractivity contribution in [2.24, 2.45) is 0 Å². The highest BCUT2D eigenvalue weighted by Crippen LogP contribution is 2.30. The monoisotopic (exact) mass is 357 g/mol. The SMILES string of the molecule is Nc1cccc2c1C(=O)N([C@@H]1CCC(=O)NC1=O)C2.O=S(=O)(O)O. The van der Waals surface area contributed by atoms with Gasteiger partial charge in [0.05, 0.1) is 5.56 Å². The van der Waals surface area contributed by atoms with E-state index in [0.717, 1.165) is 5.56 Å². The number of hydrogen-bond donors (Lipinski definition) is 4. The van der Waals surface area contributed by atoms with E-state index in [4.69, 9.17) is 23.3 Å². The van der Waals surface area contributed by atoms with Gasteiger partial charge in [-0.2, -0.15) is 8.42 Å². The molecule has 2 aliphatic rings. The normalized spacial score (nSPS) is 20.2. The van der Waals surface area contributed by atoms with E-state index in [0.29, 0.717) is 24.2 Å². The molecule has 0 radical (unpaired) electrons. The molecule has 1 aromatic carbocycles. The van der Waals surface area contributed by atoms with Crippen molar-refractivity contribution >= 4 is 33.8 Å². The molecule has 1 atom stereocenters. The highest BCUT2D eigenvalue weighted by molar-refractivity contribution is 7.79. The Hall–Kier alpha value is -2.50. The second-order valence-electron chi connectivity index (χ2n) is 5.23. The van der Waals surface area contributed by atoms with E-state index < -0.39 is 22.3 Å². The summed E-state index contributed by atoms with van der Waals surface area (Å²) in [4.78, 5) is 36.8. The van der Waals surface area contributed by atoms with Crippen LogP contribution >= 0.6 is 0 Å². The number of amides is 3. The van der Waals surface area contributed by atoms with E-state index in [1.165, 1.54) is 4.90 Å². The molecular formula is C13H15N3O7S. The first-order valence-corrected chi connectivity index (χ1v) is 8.19. The van der Waals surface area contributed by atoms with Crippen LogP contribution in [-0.2, 0) is 26.5 Å². The van der Waals surface area contributed by atoms with E-state index >= 15 is 0 Å². The molecule has 1 saturated heterocycles. The third-order valence-corrected chi connectivity index (χ3v) is 3.58. The number of anilines is 1. The first kappa shape index (κ1) is 17.8. The van der Waals surface area contributed by atoms with Crippen LogP contribution in [0.5, 0.6) is 0 Å². The Morgan fingerprint density at radius 1 is 1.21 bits per heavy atom. The van der Waals surface area contributed by atoms with Crippen molar-refractivity contribution in [3.05, 3.63) is 29.3 Å². The summed E-state index contributed by atoms with van der Waals surface area (Å²) in [6.45, 7) is 0.367. The molecule has 10 nitrogen and oxygen atoms in total. The molecular weight excluding hydrogens is 342 g/mol. The van der Waals surface area contributed by atoms with Crippen LogP contribution in [0, 0.1) is 0 Å². The lowest BCUT2D eigenvalue weighted by Crippen LogP contribution is -2.52. The van der Waals surface area contributed by atoms with Gasteiger partial charge >= 0.3 is 10.4 Å². The van der Waals surface area contributed by atoms with Crippen molar-refractivity contribution in [3.63, 3.8) is 0 Å². The molecule has 2 heterocycles. The molecule has 1 aromatic rings. The Kier molecular flexibility index (Phi) is 4.87. The van der Waals surface area contributed by atoms with Gasteiger partial charge in [0.15, 0.2) is 0 Å². The van der Waals surface area contributed by atoms with Gasteiger partial charge in [-0.25, -0.2) is 0 Å². The van der Waals surface area contributed by atoms with Crippen molar-refractivity contribution in [1.29, 1.82) is 0 Å². The lowest BCUT2D eigenvalue weighted by Gasteiger charge is -2.29. The van der Waals surface area contributed by atoms with Gasteiger partial charge in [-0.05, 0) is 18.1 Å². The summed E-state index contributed by atoms with van der Waals surface area (Å²) >= 11 is 0. The Morgan fingerprint density at radius 3 is 2.38 bits per heavy atom. The molecule has 0 spiro atoms. The number of nitrogens with zero attached hydrogens (tertiary/aromatic N) is 1. The molecule has 5 N–H and O–H groups in total. The summed E-state index contributed by atoms with van der Waals surface area (Å²) in [5, 5.41) is 2.27. The van der Waals surface area contributed by atoms with Gasteiger partial charge in [-0.1, -0.05) is 12.1 Å². The predicted molar refractivity (Wildman–Crippen MR) is 81.1 cm³/mol. The predicted octanol–water partition coefficient (Wildman–Crippen LogP) is -0.623. The molecule has 24 heavy (non-hydrogen) atoms. The molecule has 130 valence electrons. The third kappa shape index (κ3) is 4.07. The molecule has 2 aliphatic heterocycles. The smallest absolute Gasteiger partial charge is 0.394 e. The second-order valence-corrected chi connectivity index (χ2v) is 6.12. The van der Waals surface area contributed by atoms with Gasteiger partial charge < -0.3 is 10.6 Å². The van der Waals surface area contributed by atoms with Crippen LogP contribution in [-0.4, -0.2) is 46.2 Å². The van der Waals surface area contributed by atoms with Gasteiger partial charge in [0.2, 0.25) is 11.8 Å². The molecule has 0 aliphatic carbocycles. The minimum Gasteiger partial charge on any atom is -0.398 e. The standard InChI is InChI=1S/C13H13N3O3.H2O4S/c14-8-3-1-2-7-6-16(13(19)11(7)8)9-4-5-10(17)15-12(9)18;1-5(2,3)4/h1-3,9H,4-6,14H2,(H,15,17,18);(H2,1,2,3,4)/t9-;/m1./s1. The molecule has 0 aromatic heterocycles. The van der Waals surface area contributed by atoms with E-state index in [1.54, 1.807) is 12.1 Å². The molecule has 11 heteroatoms. The lowest BCUT2D eigenvalue weighted by atomic mass is 10.0. The van der Waals surface area contributed by atoms with Crippen LogP contribution in [0.3, 0.4) is 0 Å².